The molecule has 1 atom stereocenters. The summed E-state index contributed by atoms with van der Waals surface area (Å²) in [5.74, 6) is 0.841. The van der Waals surface area contributed by atoms with E-state index in [4.69, 9.17) is 0 Å². The summed E-state index contributed by atoms with van der Waals surface area (Å²) in [5.41, 5.74) is 4.52. The Bertz CT molecular complexity index is 241. The van der Waals surface area contributed by atoms with Gasteiger partial charge in [-0.15, -0.1) is 0 Å². The van der Waals surface area contributed by atoms with Crippen molar-refractivity contribution in [2.75, 3.05) is 0 Å². The molecule has 66 valence electrons. The predicted molar refractivity (Wildman–Crippen MR) is 55.1 cm³/mol. The van der Waals surface area contributed by atoms with E-state index < -0.39 is 0 Å². The summed E-state index contributed by atoms with van der Waals surface area (Å²) in [5, 5.41) is 0. The van der Waals surface area contributed by atoms with Crippen LogP contribution in [0, 0.1) is 5.92 Å². The SMILES string of the molecule is C=C/C=C(/C)C1=C(C)CC(C)C1. The number of hydrogen-bond donors (Lipinski definition) is 0. The summed E-state index contributed by atoms with van der Waals surface area (Å²) in [6.45, 7) is 10.5. The Morgan fingerprint density at radius 2 is 2.17 bits per heavy atom. The highest BCUT2D eigenvalue weighted by atomic mass is 14.2. The zero-order valence-corrected chi connectivity index (χ0v) is 8.35. The third-order valence-electron chi connectivity index (χ3n) is 2.57. The van der Waals surface area contributed by atoms with Gasteiger partial charge in [-0.25, -0.2) is 0 Å². The van der Waals surface area contributed by atoms with Gasteiger partial charge in [-0.05, 0) is 43.8 Å². The van der Waals surface area contributed by atoms with Crippen molar-refractivity contribution < 1.29 is 0 Å². The fourth-order valence-corrected chi connectivity index (χ4v) is 2.02. The first kappa shape index (κ1) is 9.31. The van der Waals surface area contributed by atoms with E-state index in [1.807, 2.05) is 6.08 Å². The quantitative estimate of drug-likeness (QED) is 0.541. The Hall–Kier alpha value is -0.780. The van der Waals surface area contributed by atoms with Crippen LogP contribution in [0.1, 0.15) is 33.6 Å². The van der Waals surface area contributed by atoms with Gasteiger partial charge in [0.25, 0.3) is 0 Å². The van der Waals surface area contributed by atoms with Crippen LogP contribution in [0.25, 0.3) is 0 Å². The van der Waals surface area contributed by atoms with E-state index in [9.17, 15) is 0 Å². The molecular formula is C12H18. The van der Waals surface area contributed by atoms with E-state index in [1.165, 1.54) is 18.4 Å². The molecular weight excluding hydrogens is 144 g/mol. The van der Waals surface area contributed by atoms with Crippen molar-refractivity contribution in [1.82, 2.24) is 0 Å². The molecule has 0 N–H and O–H groups in total. The van der Waals surface area contributed by atoms with Crippen molar-refractivity contribution in [1.29, 1.82) is 0 Å². The first-order valence-corrected chi connectivity index (χ1v) is 4.63. The molecule has 0 heteroatoms. The lowest BCUT2D eigenvalue weighted by atomic mass is 10.0. The van der Waals surface area contributed by atoms with E-state index in [-0.39, 0.29) is 0 Å². The fourth-order valence-electron chi connectivity index (χ4n) is 2.02. The Labute approximate surface area is 75.7 Å². The largest absolute Gasteiger partial charge is 0.0991 e. The summed E-state index contributed by atoms with van der Waals surface area (Å²) in [6, 6.07) is 0. The molecule has 0 spiro atoms. The summed E-state index contributed by atoms with van der Waals surface area (Å²) in [7, 11) is 0. The molecule has 1 aliphatic rings. The van der Waals surface area contributed by atoms with Gasteiger partial charge in [-0.1, -0.05) is 31.2 Å². The second-order valence-corrected chi connectivity index (χ2v) is 3.86. The van der Waals surface area contributed by atoms with Crippen LogP contribution in [-0.2, 0) is 0 Å². The molecule has 0 aliphatic heterocycles. The lowest BCUT2D eigenvalue weighted by Crippen LogP contribution is -1.86. The Morgan fingerprint density at radius 1 is 1.50 bits per heavy atom. The summed E-state index contributed by atoms with van der Waals surface area (Å²) in [6.07, 6.45) is 6.51. The maximum Gasteiger partial charge on any atom is -0.0248 e. The molecule has 0 saturated carbocycles. The van der Waals surface area contributed by atoms with E-state index >= 15 is 0 Å². The molecule has 0 nitrogen and oxygen atoms in total. The minimum atomic E-state index is 0.841. The van der Waals surface area contributed by atoms with Crippen molar-refractivity contribution in [2.45, 2.75) is 33.6 Å². The molecule has 1 unspecified atom stereocenters. The van der Waals surface area contributed by atoms with Crippen LogP contribution in [0.4, 0.5) is 0 Å². The zero-order valence-electron chi connectivity index (χ0n) is 8.35. The molecule has 12 heavy (non-hydrogen) atoms. The maximum atomic E-state index is 3.72. The van der Waals surface area contributed by atoms with Crippen molar-refractivity contribution >= 4 is 0 Å². The van der Waals surface area contributed by atoms with Crippen molar-refractivity contribution in [3.05, 3.63) is 35.5 Å². The van der Waals surface area contributed by atoms with Crippen LogP contribution < -0.4 is 0 Å². The third kappa shape index (κ3) is 1.88. The summed E-state index contributed by atoms with van der Waals surface area (Å²) < 4.78 is 0. The topological polar surface area (TPSA) is 0 Å². The normalized spacial score (nSPS) is 24.9. The molecule has 0 saturated heterocycles. The minimum Gasteiger partial charge on any atom is -0.0991 e. The highest BCUT2D eigenvalue weighted by molar-refractivity contribution is 5.38. The van der Waals surface area contributed by atoms with Gasteiger partial charge in [0.1, 0.15) is 0 Å². The van der Waals surface area contributed by atoms with Crippen LogP contribution in [0.5, 0.6) is 0 Å². The standard InChI is InChI=1S/C12H18/c1-5-6-10(3)12-8-9(2)7-11(12)4/h5-6,9H,1,7-8H2,2-4H3/b10-6-. The maximum absolute atomic E-state index is 3.72. The fraction of sp³-hybridized carbons (Fsp3) is 0.500. The van der Waals surface area contributed by atoms with Crippen LogP contribution in [0.2, 0.25) is 0 Å². The highest BCUT2D eigenvalue weighted by Gasteiger charge is 2.17. The van der Waals surface area contributed by atoms with Gasteiger partial charge >= 0.3 is 0 Å². The molecule has 0 fully saturated rings. The second-order valence-electron chi connectivity index (χ2n) is 3.86. The van der Waals surface area contributed by atoms with Gasteiger partial charge < -0.3 is 0 Å². The third-order valence-corrected chi connectivity index (χ3v) is 2.57. The Morgan fingerprint density at radius 3 is 2.58 bits per heavy atom. The molecule has 0 aromatic carbocycles. The van der Waals surface area contributed by atoms with Crippen LogP contribution in [0.15, 0.2) is 35.5 Å². The minimum absolute atomic E-state index is 0.841. The second kappa shape index (κ2) is 3.75. The van der Waals surface area contributed by atoms with Gasteiger partial charge in [0.2, 0.25) is 0 Å². The van der Waals surface area contributed by atoms with Crippen LogP contribution >= 0.6 is 0 Å². The summed E-state index contributed by atoms with van der Waals surface area (Å²) >= 11 is 0. The molecule has 0 aromatic rings. The first-order valence-electron chi connectivity index (χ1n) is 4.63. The summed E-state index contributed by atoms with van der Waals surface area (Å²) in [4.78, 5) is 0. The van der Waals surface area contributed by atoms with Crippen LogP contribution in [-0.4, -0.2) is 0 Å². The smallest absolute Gasteiger partial charge is 0.0248 e. The molecule has 1 aliphatic carbocycles. The molecule has 0 radical (unpaired) electrons. The average molecular weight is 162 g/mol. The van der Waals surface area contributed by atoms with Crippen molar-refractivity contribution in [3.63, 3.8) is 0 Å². The van der Waals surface area contributed by atoms with Gasteiger partial charge in [-0.2, -0.15) is 0 Å². The van der Waals surface area contributed by atoms with Gasteiger partial charge in [-0.3, -0.25) is 0 Å². The molecule has 0 aromatic heterocycles. The molecule has 0 heterocycles. The van der Waals surface area contributed by atoms with Gasteiger partial charge in [0.15, 0.2) is 0 Å². The Kier molecular flexibility index (Phi) is 2.91. The van der Waals surface area contributed by atoms with Crippen molar-refractivity contribution in [2.24, 2.45) is 5.92 Å². The Balaban J connectivity index is 2.82. The van der Waals surface area contributed by atoms with Crippen LogP contribution in [0.3, 0.4) is 0 Å². The zero-order chi connectivity index (χ0) is 9.14. The number of hydrogen-bond acceptors (Lipinski definition) is 0. The average Bonchev–Trinajstić information content (AvgIpc) is 2.30. The van der Waals surface area contributed by atoms with Gasteiger partial charge in [0.05, 0.1) is 0 Å². The van der Waals surface area contributed by atoms with Gasteiger partial charge in [0, 0.05) is 0 Å². The number of rotatable bonds is 2. The van der Waals surface area contributed by atoms with E-state index in [0.29, 0.717) is 0 Å². The predicted octanol–water partition coefficient (Wildman–Crippen LogP) is 3.87. The molecule has 1 rings (SSSR count). The monoisotopic (exact) mass is 162 g/mol. The van der Waals surface area contributed by atoms with Crippen molar-refractivity contribution in [3.8, 4) is 0 Å². The lowest BCUT2D eigenvalue weighted by Gasteiger charge is -2.03. The van der Waals surface area contributed by atoms with E-state index in [2.05, 4.69) is 33.4 Å². The highest BCUT2D eigenvalue weighted by Crippen LogP contribution is 2.34. The van der Waals surface area contributed by atoms with E-state index in [0.717, 1.165) is 5.92 Å². The lowest BCUT2D eigenvalue weighted by molar-refractivity contribution is 0.621. The number of allylic oxidation sites excluding steroid dienone is 5. The first-order chi connectivity index (χ1) is 5.65. The van der Waals surface area contributed by atoms with E-state index in [1.54, 1.807) is 11.1 Å². The molecule has 0 amide bonds. The molecule has 0 bridgehead atoms.